The quantitative estimate of drug-likeness (QED) is 0.751. The summed E-state index contributed by atoms with van der Waals surface area (Å²) in [5, 5.41) is 0. The first-order valence-corrected chi connectivity index (χ1v) is 5.44. The Kier molecular flexibility index (Phi) is 3.86. The average Bonchev–Trinajstić information content (AvgIpc) is 2.40. The van der Waals surface area contributed by atoms with Gasteiger partial charge in [-0.15, -0.1) is 0 Å². The smallest absolute Gasteiger partial charge is 0.144 e. The van der Waals surface area contributed by atoms with Crippen LogP contribution in [0.2, 0.25) is 0 Å². The summed E-state index contributed by atoms with van der Waals surface area (Å²) in [6.45, 7) is 0. The summed E-state index contributed by atoms with van der Waals surface area (Å²) in [6, 6.07) is 11.7. The highest BCUT2D eigenvalue weighted by Crippen LogP contribution is 2.25. The fourth-order valence-corrected chi connectivity index (χ4v) is 1.50. The molecule has 0 aliphatic rings. The number of hydrogen-bond donors (Lipinski definition) is 0. The predicted molar refractivity (Wildman–Crippen MR) is 69.1 cm³/mol. The first kappa shape index (κ1) is 11.3. The highest BCUT2D eigenvalue weighted by atomic mass is 16.5. The van der Waals surface area contributed by atoms with Crippen molar-refractivity contribution in [2.24, 2.45) is 4.99 Å². The number of ether oxygens (including phenoxy) is 1. The van der Waals surface area contributed by atoms with Crippen LogP contribution >= 0.6 is 0 Å². The average molecular weight is 226 g/mol. The first-order chi connectivity index (χ1) is 8.40. The van der Waals surface area contributed by atoms with Crippen LogP contribution in [0.25, 0.3) is 0 Å². The second-order valence-corrected chi connectivity index (χ2v) is 3.54. The van der Waals surface area contributed by atoms with Crippen molar-refractivity contribution in [2.75, 3.05) is 7.11 Å². The topological polar surface area (TPSA) is 34.5 Å². The molecule has 86 valence electrons. The molecule has 0 aliphatic carbocycles. The van der Waals surface area contributed by atoms with Gasteiger partial charge in [-0.1, -0.05) is 12.1 Å². The molecule has 0 bridgehead atoms. The molecule has 3 nitrogen and oxygen atoms in total. The largest absolute Gasteiger partial charge is 0.494 e. The minimum Gasteiger partial charge on any atom is -0.494 e. The van der Waals surface area contributed by atoms with Gasteiger partial charge in [0.15, 0.2) is 0 Å². The Morgan fingerprint density at radius 1 is 1.18 bits per heavy atom. The Labute approximate surface area is 101 Å². The van der Waals surface area contributed by atoms with Gasteiger partial charge in [0.25, 0.3) is 0 Å². The molecule has 17 heavy (non-hydrogen) atoms. The van der Waals surface area contributed by atoms with Crippen molar-refractivity contribution >= 4 is 11.9 Å². The van der Waals surface area contributed by atoms with E-state index in [9.17, 15) is 0 Å². The maximum absolute atomic E-state index is 5.22. The molecule has 0 unspecified atom stereocenters. The molecule has 1 heterocycles. The number of benzene rings is 1. The highest BCUT2D eigenvalue weighted by molar-refractivity contribution is 5.68. The number of para-hydroxylation sites is 2. The van der Waals surface area contributed by atoms with E-state index in [1.165, 1.54) is 5.56 Å². The molecule has 0 spiro atoms. The molecular weight excluding hydrogens is 212 g/mol. The van der Waals surface area contributed by atoms with Crippen molar-refractivity contribution in [1.82, 2.24) is 4.98 Å². The number of aromatic nitrogens is 1. The summed E-state index contributed by atoms with van der Waals surface area (Å²) in [5.41, 5.74) is 2.04. The SMILES string of the molecule is COc1ccccc1N=CCc1ccncc1. The van der Waals surface area contributed by atoms with Gasteiger partial charge in [-0.25, -0.2) is 0 Å². The minimum absolute atomic E-state index is 0.790. The van der Waals surface area contributed by atoms with E-state index in [2.05, 4.69) is 9.98 Å². The van der Waals surface area contributed by atoms with Crippen LogP contribution in [0, 0.1) is 0 Å². The lowest BCUT2D eigenvalue weighted by atomic mass is 10.2. The van der Waals surface area contributed by atoms with E-state index in [1.54, 1.807) is 19.5 Å². The summed E-state index contributed by atoms with van der Waals surface area (Å²) in [6.07, 6.45) is 6.24. The number of nitrogens with zero attached hydrogens (tertiary/aromatic N) is 2. The van der Waals surface area contributed by atoms with Gasteiger partial charge in [0, 0.05) is 25.0 Å². The fourth-order valence-electron chi connectivity index (χ4n) is 1.50. The molecule has 0 aliphatic heterocycles. The van der Waals surface area contributed by atoms with Crippen LogP contribution in [0.3, 0.4) is 0 Å². The van der Waals surface area contributed by atoms with E-state index in [0.717, 1.165) is 17.9 Å². The Hall–Kier alpha value is -2.16. The molecule has 0 atom stereocenters. The Bertz CT molecular complexity index is 495. The van der Waals surface area contributed by atoms with Crippen molar-refractivity contribution in [3.8, 4) is 5.75 Å². The van der Waals surface area contributed by atoms with E-state index in [0.29, 0.717) is 0 Å². The molecule has 1 aromatic heterocycles. The van der Waals surface area contributed by atoms with Crippen molar-refractivity contribution < 1.29 is 4.74 Å². The zero-order valence-electron chi connectivity index (χ0n) is 9.71. The second kappa shape index (κ2) is 5.80. The Morgan fingerprint density at radius 2 is 1.94 bits per heavy atom. The molecule has 0 saturated carbocycles. The van der Waals surface area contributed by atoms with E-state index >= 15 is 0 Å². The molecule has 0 amide bonds. The number of hydrogen-bond acceptors (Lipinski definition) is 3. The van der Waals surface area contributed by atoms with Gasteiger partial charge in [0.2, 0.25) is 0 Å². The van der Waals surface area contributed by atoms with Gasteiger partial charge in [-0.2, -0.15) is 0 Å². The molecular formula is C14H14N2O. The summed E-state index contributed by atoms with van der Waals surface area (Å²) in [4.78, 5) is 8.38. The Balaban J connectivity index is 2.06. The standard InChI is InChI=1S/C14H14N2O/c1-17-14-5-3-2-4-13(14)16-11-8-12-6-9-15-10-7-12/h2-7,9-11H,8H2,1H3. The van der Waals surface area contributed by atoms with Crippen molar-refractivity contribution in [3.05, 3.63) is 54.4 Å². The van der Waals surface area contributed by atoms with E-state index in [1.807, 2.05) is 42.6 Å². The zero-order chi connectivity index (χ0) is 11.9. The van der Waals surface area contributed by atoms with Crippen LogP contribution in [0.5, 0.6) is 5.75 Å². The van der Waals surface area contributed by atoms with E-state index in [-0.39, 0.29) is 0 Å². The van der Waals surface area contributed by atoms with Crippen LogP contribution in [-0.2, 0) is 6.42 Å². The van der Waals surface area contributed by atoms with Crippen LogP contribution in [0.1, 0.15) is 5.56 Å². The van der Waals surface area contributed by atoms with Gasteiger partial charge in [-0.05, 0) is 29.8 Å². The van der Waals surface area contributed by atoms with Gasteiger partial charge in [0.1, 0.15) is 11.4 Å². The van der Waals surface area contributed by atoms with E-state index in [4.69, 9.17) is 4.74 Å². The van der Waals surface area contributed by atoms with Gasteiger partial charge in [0.05, 0.1) is 7.11 Å². The predicted octanol–water partition coefficient (Wildman–Crippen LogP) is 3.04. The van der Waals surface area contributed by atoms with Crippen molar-refractivity contribution in [1.29, 1.82) is 0 Å². The third-order valence-electron chi connectivity index (χ3n) is 2.39. The van der Waals surface area contributed by atoms with Gasteiger partial charge in [-0.3, -0.25) is 9.98 Å². The summed E-state index contributed by atoms with van der Waals surface area (Å²) < 4.78 is 5.22. The summed E-state index contributed by atoms with van der Waals surface area (Å²) in [5.74, 6) is 0.790. The number of methoxy groups -OCH3 is 1. The molecule has 0 radical (unpaired) electrons. The molecule has 3 heteroatoms. The lowest BCUT2D eigenvalue weighted by Crippen LogP contribution is -1.87. The molecule has 2 rings (SSSR count). The maximum atomic E-state index is 5.22. The Morgan fingerprint density at radius 3 is 2.71 bits per heavy atom. The highest BCUT2D eigenvalue weighted by Gasteiger charge is 1.97. The summed E-state index contributed by atoms with van der Waals surface area (Å²) >= 11 is 0. The number of rotatable bonds is 4. The molecule has 0 N–H and O–H groups in total. The van der Waals surface area contributed by atoms with Crippen molar-refractivity contribution in [3.63, 3.8) is 0 Å². The maximum Gasteiger partial charge on any atom is 0.144 e. The van der Waals surface area contributed by atoms with Crippen molar-refractivity contribution in [2.45, 2.75) is 6.42 Å². The molecule has 1 aromatic carbocycles. The van der Waals surface area contributed by atoms with E-state index < -0.39 is 0 Å². The first-order valence-electron chi connectivity index (χ1n) is 5.44. The van der Waals surface area contributed by atoms with Gasteiger partial charge < -0.3 is 4.74 Å². The van der Waals surface area contributed by atoms with Crippen LogP contribution in [0.4, 0.5) is 5.69 Å². The summed E-state index contributed by atoms with van der Waals surface area (Å²) in [7, 11) is 1.65. The van der Waals surface area contributed by atoms with Crippen LogP contribution in [0.15, 0.2) is 53.8 Å². The molecule has 0 saturated heterocycles. The number of pyridine rings is 1. The third kappa shape index (κ3) is 3.14. The number of aliphatic imine (C=N–C) groups is 1. The second-order valence-electron chi connectivity index (χ2n) is 3.54. The van der Waals surface area contributed by atoms with Crippen LogP contribution in [-0.4, -0.2) is 18.3 Å². The zero-order valence-corrected chi connectivity index (χ0v) is 9.71. The fraction of sp³-hybridized carbons (Fsp3) is 0.143. The normalized spacial score (nSPS) is 10.6. The molecule has 2 aromatic rings. The lowest BCUT2D eigenvalue weighted by molar-refractivity contribution is 0.416. The molecule has 0 fully saturated rings. The van der Waals surface area contributed by atoms with Crippen LogP contribution < -0.4 is 4.74 Å². The minimum atomic E-state index is 0.790. The monoisotopic (exact) mass is 226 g/mol. The van der Waals surface area contributed by atoms with Gasteiger partial charge >= 0.3 is 0 Å². The lowest BCUT2D eigenvalue weighted by Gasteiger charge is -2.02. The third-order valence-corrected chi connectivity index (χ3v) is 2.39.